The second-order valence-electron chi connectivity index (χ2n) is 8.06. The fourth-order valence-corrected chi connectivity index (χ4v) is 4.18. The summed E-state index contributed by atoms with van der Waals surface area (Å²) in [5, 5.41) is 0. The van der Waals surface area contributed by atoms with Crippen LogP contribution in [0.3, 0.4) is 0 Å². The van der Waals surface area contributed by atoms with Crippen LogP contribution in [0.5, 0.6) is 11.5 Å². The number of ketones is 1. The number of hydrogen-bond acceptors (Lipinski definition) is 5. The van der Waals surface area contributed by atoms with E-state index in [-0.39, 0.29) is 40.2 Å². The summed E-state index contributed by atoms with van der Waals surface area (Å²) in [7, 11) is 1.26. The monoisotopic (exact) mass is 491 g/mol. The summed E-state index contributed by atoms with van der Waals surface area (Å²) in [5.74, 6) is -3.39. The lowest BCUT2D eigenvalue weighted by Gasteiger charge is -2.18. The largest absolute Gasteiger partial charge is 0.497 e. The molecule has 3 aromatic rings. The Morgan fingerprint density at radius 2 is 1.77 bits per heavy atom. The van der Waals surface area contributed by atoms with E-state index in [0.29, 0.717) is 31.4 Å². The molecule has 1 aliphatic rings. The molecule has 0 atom stereocenters. The molecule has 2 N–H and O–H groups in total. The van der Waals surface area contributed by atoms with E-state index < -0.39 is 29.8 Å². The van der Waals surface area contributed by atoms with E-state index in [2.05, 4.69) is 9.72 Å². The molecule has 0 radical (unpaired) electrons. The van der Waals surface area contributed by atoms with Crippen LogP contribution in [0.15, 0.2) is 36.5 Å². The van der Waals surface area contributed by atoms with Gasteiger partial charge in [0.05, 0.1) is 18.4 Å². The lowest BCUT2D eigenvalue weighted by molar-refractivity contribution is -0.120. The van der Waals surface area contributed by atoms with Gasteiger partial charge in [-0.1, -0.05) is 0 Å². The zero-order valence-corrected chi connectivity index (χ0v) is 18.6. The van der Waals surface area contributed by atoms with Gasteiger partial charge < -0.3 is 15.2 Å². The van der Waals surface area contributed by atoms with Gasteiger partial charge in [-0.25, -0.2) is 13.8 Å². The van der Waals surface area contributed by atoms with Crippen LogP contribution in [-0.4, -0.2) is 35.0 Å². The number of nitrogens with zero attached hydrogens (tertiary/aromatic N) is 2. The summed E-state index contributed by atoms with van der Waals surface area (Å²) in [6.07, 6.45) is 3.06. The van der Waals surface area contributed by atoms with Crippen LogP contribution in [-0.2, 0) is 4.79 Å². The summed E-state index contributed by atoms with van der Waals surface area (Å²) >= 11 is 0. The van der Waals surface area contributed by atoms with Crippen LogP contribution in [0.2, 0.25) is 0 Å². The molecule has 0 aliphatic heterocycles. The molecule has 1 amide bonds. The average molecular weight is 491 g/mol. The maximum Gasteiger partial charge on any atom is 0.387 e. The third-order valence-corrected chi connectivity index (χ3v) is 5.88. The highest BCUT2D eigenvalue weighted by molar-refractivity contribution is 5.99. The zero-order chi connectivity index (χ0) is 25.3. The number of alkyl halides is 2. The third-order valence-electron chi connectivity index (χ3n) is 5.88. The molecule has 1 saturated carbocycles. The minimum atomic E-state index is -3.14. The van der Waals surface area contributed by atoms with Gasteiger partial charge >= 0.3 is 6.61 Å². The van der Waals surface area contributed by atoms with Crippen LogP contribution in [0, 0.1) is 11.6 Å². The van der Waals surface area contributed by atoms with Crippen LogP contribution in [0.4, 0.5) is 17.6 Å². The number of hydrogen-bond donors (Lipinski definition) is 1. The lowest BCUT2D eigenvalue weighted by atomic mass is 9.86. The second-order valence-corrected chi connectivity index (χ2v) is 8.06. The quantitative estimate of drug-likeness (QED) is 0.481. The Kier molecular flexibility index (Phi) is 6.77. The molecule has 2 aromatic carbocycles. The maximum atomic E-state index is 15.1. The Bertz CT molecular complexity index is 1260. The summed E-state index contributed by atoms with van der Waals surface area (Å²) in [6.45, 7) is -3.14. The van der Waals surface area contributed by atoms with Gasteiger partial charge in [0.2, 0.25) is 5.91 Å². The van der Waals surface area contributed by atoms with Gasteiger partial charge in [0.25, 0.3) is 0 Å². The number of benzene rings is 2. The van der Waals surface area contributed by atoms with Crippen molar-refractivity contribution < 1.29 is 36.6 Å². The van der Waals surface area contributed by atoms with E-state index in [4.69, 9.17) is 10.5 Å². The molecule has 0 bridgehead atoms. The number of Topliss-reactive ketones (excluding diaryl/α,β-unsaturated/α-hetero) is 1. The van der Waals surface area contributed by atoms with Crippen LogP contribution >= 0.6 is 0 Å². The molecule has 35 heavy (non-hydrogen) atoms. The average Bonchev–Trinajstić information content (AvgIpc) is 3.23. The summed E-state index contributed by atoms with van der Waals surface area (Å²) < 4.78 is 66.3. The molecular weight excluding hydrogens is 470 g/mol. The van der Waals surface area contributed by atoms with Crippen molar-refractivity contribution in [2.75, 3.05) is 7.11 Å². The van der Waals surface area contributed by atoms with Crippen molar-refractivity contribution in [2.24, 2.45) is 5.73 Å². The number of halogens is 4. The Morgan fingerprint density at radius 3 is 2.34 bits per heavy atom. The standard InChI is InChI=1S/C24H21F4N3O4/c1-34-15-9-18(25)21(19(26)10-15)31-11-20(12-2-4-13(32)5-3-12)30-23(31)17-8-14(35-24(27)28)6-7-16(17)22(29)33/h6-12,24H,2-5H2,1H3,(H2,29,33). The zero-order valence-electron chi connectivity index (χ0n) is 18.6. The first-order valence-electron chi connectivity index (χ1n) is 10.7. The van der Waals surface area contributed by atoms with E-state index in [1.54, 1.807) is 0 Å². The SMILES string of the molecule is COc1cc(F)c(-n2cc(C3CCC(=O)CC3)nc2-c2cc(OC(F)F)ccc2C(N)=O)c(F)c1. The number of nitrogens with two attached hydrogens (primary N) is 1. The summed E-state index contributed by atoms with van der Waals surface area (Å²) in [4.78, 5) is 28.3. The molecule has 0 spiro atoms. The minimum Gasteiger partial charge on any atom is -0.497 e. The van der Waals surface area contributed by atoms with Crippen molar-refractivity contribution in [1.29, 1.82) is 0 Å². The van der Waals surface area contributed by atoms with E-state index in [1.165, 1.54) is 19.4 Å². The van der Waals surface area contributed by atoms with Crippen LogP contribution in [0.1, 0.15) is 47.7 Å². The molecule has 1 fully saturated rings. The predicted octanol–water partition coefficient (Wildman–Crippen LogP) is 4.75. The van der Waals surface area contributed by atoms with Gasteiger partial charge in [-0.15, -0.1) is 0 Å². The first-order valence-corrected chi connectivity index (χ1v) is 10.7. The second kappa shape index (κ2) is 9.77. The molecular formula is C24H21F4N3O4. The fraction of sp³-hybridized carbons (Fsp3) is 0.292. The van der Waals surface area contributed by atoms with Gasteiger partial charge in [0.15, 0.2) is 11.6 Å². The lowest BCUT2D eigenvalue weighted by Crippen LogP contribution is -2.14. The van der Waals surface area contributed by atoms with Crippen LogP contribution in [0.25, 0.3) is 17.1 Å². The first-order chi connectivity index (χ1) is 16.7. The van der Waals surface area contributed by atoms with Crippen molar-refractivity contribution in [3.63, 3.8) is 0 Å². The third kappa shape index (κ3) is 4.98. The summed E-state index contributed by atoms with van der Waals surface area (Å²) in [6, 6.07) is 5.37. The van der Waals surface area contributed by atoms with E-state index >= 15 is 8.78 Å². The molecule has 1 aliphatic carbocycles. The number of carbonyl (C=O) groups is 2. The number of ether oxygens (including phenoxy) is 2. The molecule has 1 aromatic heterocycles. The topological polar surface area (TPSA) is 96.4 Å². The van der Waals surface area contributed by atoms with Gasteiger partial charge in [0, 0.05) is 42.7 Å². The molecule has 7 nitrogen and oxygen atoms in total. The smallest absolute Gasteiger partial charge is 0.387 e. The Hall–Kier alpha value is -3.89. The highest BCUT2D eigenvalue weighted by Crippen LogP contribution is 2.37. The predicted molar refractivity (Wildman–Crippen MR) is 117 cm³/mol. The van der Waals surface area contributed by atoms with E-state index in [9.17, 15) is 18.4 Å². The highest BCUT2D eigenvalue weighted by Gasteiger charge is 2.28. The van der Waals surface area contributed by atoms with Crippen molar-refractivity contribution in [3.8, 4) is 28.6 Å². The van der Waals surface area contributed by atoms with Crippen molar-refractivity contribution >= 4 is 11.7 Å². The molecule has 11 heteroatoms. The van der Waals surface area contributed by atoms with Gasteiger partial charge in [-0.3, -0.25) is 14.2 Å². The van der Waals surface area contributed by atoms with E-state index in [0.717, 1.165) is 28.8 Å². The van der Waals surface area contributed by atoms with Gasteiger partial charge in [0.1, 0.15) is 28.8 Å². The number of primary amides is 1. The van der Waals surface area contributed by atoms with E-state index in [1.807, 2.05) is 0 Å². The number of carbonyl (C=O) groups excluding carboxylic acids is 2. The number of rotatable bonds is 7. The normalized spacial score (nSPS) is 14.4. The summed E-state index contributed by atoms with van der Waals surface area (Å²) in [5.41, 5.74) is 5.24. The Balaban J connectivity index is 1.95. The highest BCUT2D eigenvalue weighted by atomic mass is 19.3. The minimum absolute atomic E-state index is 0.0524. The van der Waals surface area contributed by atoms with Crippen molar-refractivity contribution in [2.45, 2.75) is 38.2 Å². The first kappa shape index (κ1) is 24.2. The number of imidazole rings is 1. The van der Waals surface area contributed by atoms with Gasteiger partial charge in [-0.05, 0) is 31.0 Å². The maximum absolute atomic E-state index is 15.1. The molecule has 4 rings (SSSR count). The molecule has 1 heterocycles. The molecule has 184 valence electrons. The van der Waals surface area contributed by atoms with Gasteiger partial charge in [-0.2, -0.15) is 8.78 Å². The number of aromatic nitrogens is 2. The molecule has 0 unspecified atom stereocenters. The fourth-order valence-electron chi connectivity index (χ4n) is 4.18. The number of methoxy groups -OCH3 is 1. The van der Waals surface area contributed by atoms with Crippen LogP contribution < -0.4 is 15.2 Å². The van der Waals surface area contributed by atoms with Crippen molar-refractivity contribution in [1.82, 2.24) is 9.55 Å². The number of amides is 1. The Morgan fingerprint density at radius 1 is 1.11 bits per heavy atom. The molecule has 0 saturated heterocycles. The Labute approximate surface area is 197 Å². The van der Waals surface area contributed by atoms with Crippen molar-refractivity contribution in [3.05, 3.63) is 59.4 Å².